The van der Waals surface area contributed by atoms with Crippen LogP contribution >= 0.6 is 0 Å². The van der Waals surface area contributed by atoms with E-state index in [4.69, 9.17) is 9.47 Å². The Labute approximate surface area is 178 Å². The largest absolute Gasteiger partial charge is 0.497 e. The van der Waals surface area contributed by atoms with E-state index >= 15 is 0 Å². The van der Waals surface area contributed by atoms with Crippen molar-refractivity contribution in [3.63, 3.8) is 0 Å². The molecular formula is C24H31NO5. The minimum atomic E-state index is -0.161. The lowest BCUT2D eigenvalue weighted by atomic mass is 10.1. The first kappa shape index (κ1) is 23.3. The second-order valence-electron chi connectivity index (χ2n) is 6.98. The zero-order chi connectivity index (χ0) is 21.8. The molecule has 0 saturated carbocycles. The number of esters is 1. The van der Waals surface area contributed by atoms with Crippen LogP contribution < -0.4 is 14.4 Å². The first-order valence-corrected chi connectivity index (χ1v) is 10.3. The Balaban J connectivity index is 1.98. The molecular weight excluding hydrogens is 382 g/mol. The normalized spacial score (nSPS) is 10.4. The van der Waals surface area contributed by atoms with Crippen LogP contribution in [0.3, 0.4) is 0 Å². The molecule has 0 aliphatic carbocycles. The number of methoxy groups -OCH3 is 3. The van der Waals surface area contributed by atoms with Gasteiger partial charge in [-0.3, -0.25) is 9.59 Å². The van der Waals surface area contributed by atoms with E-state index < -0.39 is 0 Å². The number of hydrogen-bond acceptors (Lipinski definition) is 5. The summed E-state index contributed by atoms with van der Waals surface area (Å²) in [7, 11) is 4.64. The van der Waals surface area contributed by atoms with Crippen LogP contribution in [0.2, 0.25) is 0 Å². The Hall–Kier alpha value is -3.02. The third-order valence-corrected chi connectivity index (χ3v) is 4.96. The van der Waals surface area contributed by atoms with Crippen LogP contribution in [0.15, 0.2) is 48.5 Å². The standard InChI is InChI=1S/C24H31NO5/c1-28-21-14-10-19(11-15-21)24(27)25(20-12-16-22(29-2)17-13-20)18-8-6-4-5-7-9-23(26)30-3/h10-17H,4-9,18H2,1-3H3. The average Bonchev–Trinajstić information content (AvgIpc) is 2.80. The first-order chi connectivity index (χ1) is 14.6. The molecule has 1 amide bonds. The van der Waals surface area contributed by atoms with E-state index in [0.29, 0.717) is 18.5 Å². The fourth-order valence-corrected chi connectivity index (χ4v) is 3.17. The number of carbonyl (C=O) groups excluding carboxylic acids is 2. The van der Waals surface area contributed by atoms with Gasteiger partial charge in [0.15, 0.2) is 0 Å². The number of anilines is 1. The highest BCUT2D eigenvalue weighted by molar-refractivity contribution is 6.06. The summed E-state index contributed by atoms with van der Waals surface area (Å²) in [6.45, 7) is 0.619. The molecule has 0 aromatic heterocycles. The highest BCUT2D eigenvalue weighted by Gasteiger charge is 2.17. The smallest absolute Gasteiger partial charge is 0.305 e. The Morgan fingerprint density at radius 1 is 0.733 bits per heavy atom. The number of nitrogens with zero attached hydrogens (tertiary/aromatic N) is 1. The van der Waals surface area contributed by atoms with Gasteiger partial charge in [0.2, 0.25) is 0 Å². The zero-order valence-corrected chi connectivity index (χ0v) is 18.1. The van der Waals surface area contributed by atoms with Gasteiger partial charge in [0, 0.05) is 24.2 Å². The molecule has 0 heterocycles. The summed E-state index contributed by atoms with van der Waals surface area (Å²) in [6, 6.07) is 14.7. The van der Waals surface area contributed by atoms with Crippen LogP contribution in [0.25, 0.3) is 0 Å². The third kappa shape index (κ3) is 7.10. The van der Waals surface area contributed by atoms with Crippen molar-refractivity contribution in [1.82, 2.24) is 0 Å². The molecule has 0 bridgehead atoms. The molecule has 0 spiro atoms. The van der Waals surface area contributed by atoms with Crippen molar-refractivity contribution >= 4 is 17.6 Å². The number of rotatable bonds is 12. The summed E-state index contributed by atoms with van der Waals surface area (Å²) < 4.78 is 15.1. The van der Waals surface area contributed by atoms with Gasteiger partial charge < -0.3 is 19.1 Å². The maximum atomic E-state index is 13.2. The van der Waals surface area contributed by atoms with Gasteiger partial charge in [0.25, 0.3) is 5.91 Å². The summed E-state index contributed by atoms with van der Waals surface area (Å²) in [6.07, 6.45) is 5.16. The van der Waals surface area contributed by atoms with Crippen molar-refractivity contribution in [2.75, 3.05) is 32.8 Å². The summed E-state index contributed by atoms with van der Waals surface area (Å²) in [5.74, 6) is 1.26. The van der Waals surface area contributed by atoms with Gasteiger partial charge in [-0.05, 0) is 61.4 Å². The summed E-state index contributed by atoms with van der Waals surface area (Å²) in [5, 5.41) is 0. The molecule has 162 valence electrons. The van der Waals surface area contributed by atoms with Crippen LogP contribution in [0.5, 0.6) is 11.5 Å². The van der Waals surface area contributed by atoms with Gasteiger partial charge in [-0.25, -0.2) is 0 Å². The van der Waals surface area contributed by atoms with E-state index in [9.17, 15) is 9.59 Å². The molecule has 0 N–H and O–H groups in total. The molecule has 30 heavy (non-hydrogen) atoms. The number of ether oxygens (including phenoxy) is 3. The summed E-state index contributed by atoms with van der Waals surface area (Å²) in [4.78, 5) is 26.1. The van der Waals surface area contributed by atoms with Crippen LogP contribution in [0.1, 0.15) is 48.9 Å². The number of hydrogen-bond donors (Lipinski definition) is 0. The number of benzene rings is 2. The molecule has 0 atom stereocenters. The van der Waals surface area contributed by atoms with Gasteiger partial charge in [-0.15, -0.1) is 0 Å². The predicted octanol–water partition coefficient (Wildman–Crippen LogP) is 4.86. The van der Waals surface area contributed by atoms with Gasteiger partial charge in [0.1, 0.15) is 11.5 Å². The highest BCUT2D eigenvalue weighted by atomic mass is 16.5. The van der Waals surface area contributed by atoms with E-state index in [2.05, 4.69) is 4.74 Å². The molecule has 0 unspecified atom stereocenters. The quantitative estimate of drug-likeness (QED) is 0.367. The van der Waals surface area contributed by atoms with Crippen molar-refractivity contribution in [1.29, 1.82) is 0 Å². The molecule has 2 rings (SSSR count). The average molecular weight is 414 g/mol. The van der Waals surface area contributed by atoms with Crippen LogP contribution in [-0.4, -0.2) is 39.8 Å². The highest BCUT2D eigenvalue weighted by Crippen LogP contribution is 2.23. The lowest BCUT2D eigenvalue weighted by Gasteiger charge is -2.23. The maximum Gasteiger partial charge on any atom is 0.305 e. The first-order valence-electron chi connectivity index (χ1n) is 10.3. The second kappa shape index (κ2) is 12.5. The maximum absolute atomic E-state index is 13.2. The summed E-state index contributed by atoms with van der Waals surface area (Å²) >= 11 is 0. The van der Waals surface area contributed by atoms with E-state index in [1.807, 2.05) is 24.3 Å². The molecule has 0 radical (unpaired) electrons. The summed E-state index contributed by atoms with van der Waals surface area (Å²) in [5.41, 5.74) is 1.45. The van der Waals surface area contributed by atoms with E-state index in [-0.39, 0.29) is 11.9 Å². The Morgan fingerprint density at radius 3 is 1.83 bits per heavy atom. The zero-order valence-electron chi connectivity index (χ0n) is 18.1. The molecule has 0 fully saturated rings. The van der Waals surface area contributed by atoms with Crippen LogP contribution in [-0.2, 0) is 9.53 Å². The van der Waals surface area contributed by atoms with Crippen LogP contribution in [0.4, 0.5) is 5.69 Å². The number of amides is 1. The predicted molar refractivity (Wildman–Crippen MR) is 117 cm³/mol. The minimum absolute atomic E-state index is 0.0477. The van der Waals surface area contributed by atoms with E-state index in [0.717, 1.165) is 49.3 Å². The van der Waals surface area contributed by atoms with Crippen molar-refractivity contribution in [3.8, 4) is 11.5 Å². The van der Waals surface area contributed by atoms with Gasteiger partial charge in [-0.1, -0.05) is 19.3 Å². The van der Waals surface area contributed by atoms with Crippen LogP contribution in [0, 0.1) is 0 Å². The lowest BCUT2D eigenvalue weighted by molar-refractivity contribution is -0.140. The van der Waals surface area contributed by atoms with Crippen molar-refractivity contribution in [2.24, 2.45) is 0 Å². The molecule has 2 aromatic carbocycles. The second-order valence-corrected chi connectivity index (χ2v) is 6.98. The molecule has 6 heteroatoms. The molecule has 2 aromatic rings. The van der Waals surface area contributed by atoms with Crippen molar-refractivity contribution in [2.45, 2.75) is 38.5 Å². The SMILES string of the molecule is COC(=O)CCCCCCCN(C(=O)c1ccc(OC)cc1)c1ccc(OC)cc1. The third-order valence-electron chi connectivity index (χ3n) is 4.96. The molecule has 0 aliphatic heterocycles. The van der Waals surface area contributed by atoms with Crippen molar-refractivity contribution in [3.05, 3.63) is 54.1 Å². The lowest BCUT2D eigenvalue weighted by Crippen LogP contribution is -2.31. The molecule has 6 nitrogen and oxygen atoms in total. The fraction of sp³-hybridized carbons (Fsp3) is 0.417. The van der Waals surface area contributed by atoms with Gasteiger partial charge in [-0.2, -0.15) is 0 Å². The van der Waals surface area contributed by atoms with Gasteiger partial charge in [0.05, 0.1) is 21.3 Å². The van der Waals surface area contributed by atoms with Gasteiger partial charge >= 0.3 is 5.97 Å². The minimum Gasteiger partial charge on any atom is -0.497 e. The Morgan fingerprint density at radius 2 is 1.27 bits per heavy atom. The van der Waals surface area contributed by atoms with E-state index in [1.54, 1.807) is 43.4 Å². The molecule has 0 aliphatic rings. The Kier molecular flexibility index (Phi) is 9.71. The number of unbranched alkanes of at least 4 members (excludes halogenated alkanes) is 4. The topological polar surface area (TPSA) is 65.1 Å². The Bertz CT molecular complexity index is 786. The van der Waals surface area contributed by atoms with E-state index in [1.165, 1.54) is 7.11 Å². The number of carbonyl (C=O) groups is 2. The van der Waals surface area contributed by atoms with Crippen molar-refractivity contribution < 1.29 is 23.8 Å². The molecule has 0 saturated heterocycles. The monoisotopic (exact) mass is 413 g/mol. The fourth-order valence-electron chi connectivity index (χ4n) is 3.17.